The normalized spacial score (nSPS) is 12.5. The molecule has 178 valence electrons. The Hall–Kier alpha value is -3.37. The molecule has 1 aromatic heterocycles. The van der Waals surface area contributed by atoms with E-state index in [9.17, 15) is 9.18 Å². The molecule has 1 aliphatic heterocycles. The summed E-state index contributed by atoms with van der Waals surface area (Å²) < 4.78 is 21.7. The monoisotopic (exact) mass is 479 g/mol. The van der Waals surface area contributed by atoms with E-state index in [1.165, 1.54) is 6.07 Å². The summed E-state index contributed by atoms with van der Waals surface area (Å²) >= 11 is 0. The fourth-order valence-corrected chi connectivity index (χ4v) is 3.87. The highest BCUT2D eigenvalue weighted by molar-refractivity contribution is 8.35. The quantitative estimate of drug-likeness (QED) is 0.365. The number of nitrogens with zero attached hydrogens (tertiary/aromatic N) is 3. The van der Waals surface area contributed by atoms with Crippen LogP contribution >= 0.6 is 10.0 Å². The molecule has 1 aliphatic rings. The van der Waals surface area contributed by atoms with Crippen LogP contribution < -0.4 is 0 Å². The maximum atomic E-state index is 14.8. The highest BCUT2D eigenvalue weighted by Gasteiger charge is 2.26. The van der Waals surface area contributed by atoms with Gasteiger partial charge in [0, 0.05) is 16.7 Å². The zero-order valence-corrected chi connectivity index (χ0v) is 21.3. The average Bonchev–Trinajstić information content (AvgIpc) is 3.17. The Balaban J connectivity index is 0.00000158. The lowest BCUT2D eigenvalue weighted by Crippen LogP contribution is -2.10. The van der Waals surface area contributed by atoms with Gasteiger partial charge in [-0.05, 0) is 61.3 Å². The second-order valence-electron chi connectivity index (χ2n) is 8.07. The van der Waals surface area contributed by atoms with Crippen molar-refractivity contribution in [3.8, 4) is 16.9 Å². The van der Waals surface area contributed by atoms with Gasteiger partial charge in [-0.2, -0.15) is 10.0 Å². The molecule has 0 saturated heterocycles. The number of fused-ring (bicyclic) bond motifs is 3. The number of imidazole rings is 1. The summed E-state index contributed by atoms with van der Waals surface area (Å²) in [6, 6.07) is 12.3. The van der Waals surface area contributed by atoms with Crippen molar-refractivity contribution in [2.75, 3.05) is 25.4 Å². The van der Waals surface area contributed by atoms with Gasteiger partial charge in [0.15, 0.2) is 5.69 Å². The molecular formula is C27H30FN3O2S. The first kappa shape index (κ1) is 25.3. The fraction of sp³-hybridized carbons (Fsp3) is 0.296. The smallest absolute Gasteiger partial charge is 0.358 e. The van der Waals surface area contributed by atoms with Crippen LogP contribution in [0.25, 0.3) is 5.69 Å². The Morgan fingerprint density at radius 1 is 1.15 bits per heavy atom. The van der Waals surface area contributed by atoms with E-state index in [4.69, 9.17) is 9.73 Å². The lowest BCUT2D eigenvalue weighted by Gasteiger charge is -2.15. The summed E-state index contributed by atoms with van der Waals surface area (Å²) in [7, 11) is -1.00. The SMILES string of the molecule is CC.CCOC(=O)c1ncn2c1CN=C(c1ccccc1F)c1cc(C#CS(C)(C)C)ccc1-2. The van der Waals surface area contributed by atoms with Crippen LogP contribution in [0.1, 0.15) is 53.6 Å². The summed E-state index contributed by atoms with van der Waals surface area (Å²) in [5.41, 5.74) is 4.06. The van der Waals surface area contributed by atoms with Gasteiger partial charge in [-0.25, -0.2) is 14.2 Å². The molecule has 2 heterocycles. The van der Waals surface area contributed by atoms with Crippen molar-refractivity contribution in [3.05, 3.63) is 82.7 Å². The lowest BCUT2D eigenvalue weighted by atomic mass is 9.98. The van der Waals surface area contributed by atoms with Crippen molar-refractivity contribution < 1.29 is 13.9 Å². The van der Waals surface area contributed by atoms with E-state index in [2.05, 4.69) is 34.9 Å². The summed E-state index contributed by atoms with van der Waals surface area (Å²) in [4.78, 5) is 21.4. The topological polar surface area (TPSA) is 56.5 Å². The molecule has 0 radical (unpaired) electrons. The molecule has 2 aromatic carbocycles. The summed E-state index contributed by atoms with van der Waals surface area (Å²) in [5, 5.41) is 3.32. The molecule has 4 rings (SSSR count). The highest BCUT2D eigenvalue weighted by atomic mass is 32.3. The molecule has 0 saturated carbocycles. The molecular weight excluding hydrogens is 449 g/mol. The highest BCUT2D eigenvalue weighted by Crippen LogP contribution is 2.33. The predicted molar refractivity (Wildman–Crippen MR) is 139 cm³/mol. The Bertz CT molecular complexity index is 1290. The van der Waals surface area contributed by atoms with Crippen LogP contribution in [0, 0.1) is 17.0 Å². The number of halogens is 1. The molecule has 0 spiro atoms. The van der Waals surface area contributed by atoms with Gasteiger partial charge in [-0.15, -0.1) is 0 Å². The van der Waals surface area contributed by atoms with Crippen molar-refractivity contribution in [2.24, 2.45) is 4.99 Å². The number of hydrogen-bond acceptors (Lipinski definition) is 4. The maximum absolute atomic E-state index is 14.8. The van der Waals surface area contributed by atoms with Crippen LogP contribution in [-0.4, -0.2) is 46.6 Å². The molecule has 34 heavy (non-hydrogen) atoms. The molecule has 7 heteroatoms. The van der Waals surface area contributed by atoms with Crippen molar-refractivity contribution >= 4 is 21.7 Å². The first-order chi connectivity index (χ1) is 16.3. The minimum Gasteiger partial charge on any atom is -0.461 e. The standard InChI is InChI=1S/C25H24FN3O2S.C2H6/c1-5-31-25(30)24-22-15-27-23(18-8-6-7-9-20(18)26)19-14-17(12-13-32(2,3)4)10-11-21(19)29(22)16-28-24;1-2/h6-11,14,16H,5,15H2,1-4H3;1-2H3. The molecule has 0 aliphatic carbocycles. The van der Waals surface area contributed by atoms with E-state index in [1.54, 1.807) is 31.5 Å². The minimum atomic E-state index is -1.00. The van der Waals surface area contributed by atoms with Gasteiger partial charge >= 0.3 is 5.97 Å². The average molecular weight is 480 g/mol. The van der Waals surface area contributed by atoms with Crippen LogP contribution in [0.4, 0.5) is 4.39 Å². The lowest BCUT2D eigenvalue weighted by molar-refractivity contribution is 0.0518. The number of benzene rings is 2. The van der Waals surface area contributed by atoms with Crippen LogP contribution in [0.2, 0.25) is 0 Å². The molecule has 0 N–H and O–H groups in total. The largest absolute Gasteiger partial charge is 0.461 e. The van der Waals surface area contributed by atoms with Crippen molar-refractivity contribution in [2.45, 2.75) is 27.3 Å². The van der Waals surface area contributed by atoms with Gasteiger partial charge in [0.25, 0.3) is 0 Å². The van der Waals surface area contributed by atoms with E-state index in [0.29, 0.717) is 17.0 Å². The number of carbonyl (C=O) groups excluding carboxylic acids is 1. The van der Waals surface area contributed by atoms with Crippen molar-refractivity contribution in [1.82, 2.24) is 9.55 Å². The van der Waals surface area contributed by atoms with Crippen molar-refractivity contribution in [3.63, 3.8) is 0 Å². The molecule has 5 nitrogen and oxygen atoms in total. The van der Waals surface area contributed by atoms with E-state index >= 15 is 0 Å². The third kappa shape index (κ3) is 5.40. The molecule has 0 bridgehead atoms. The predicted octanol–water partition coefficient (Wildman–Crippen LogP) is 5.57. The number of aliphatic imine (C=N–C) groups is 1. The van der Waals surface area contributed by atoms with Crippen LogP contribution in [0.3, 0.4) is 0 Å². The molecule has 0 fully saturated rings. The maximum Gasteiger partial charge on any atom is 0.358 e. The number of carbonyl (C=O) groups is 1. The summed E-state index contributed by atoms with van der Waals surface area (Å²) in [6.45, 7) is 6.17. The van der Waals surface area contributed by atoms with E-state index in [0.717, 1.165) is 16.8 Å². The number of hydrogen-bond donors (Lipinski definition) is 0. The first-order valence-electron chi connectivity index (χ1n) is 11.2. The number of ether oxygens (including phenoxy) is 1. The van der Waals surface area contributed by atoms with Gasteiger partial charge in [0.05, 0.1) is 30.2 Å². The molecule has 3 aromatic rings. The van der Waals surface area contributed by atoms with E-state index in [-0.39, 0.29) is 24.7 Å². The van der Waals surface area contributed by atoms with Crippen LogP contribution in [-0.2, 0) is 11.3 Å². The van der Waals surface area contributed by atoms with E-state index in [1.807, 2.05) is 36.6 Å². The Morgan fingerprint density at radius 2 is 1.88 bits per heavy atom. The second kappa shape index (κ2) is 10.7. The fourth-order valence-electron chi connectivity index (χ4n) is 3.45. The zero-order chi connectivity index (χ0) is 24.9. The summed E-state index contributed by atoms with van der Waals surface area (Å²) in [5.74, 6) is 2.39. The molecule has 0 atom stereocenters. The molecule has 0 unspecified atom stereocenters. The third-order valence-corrected chi connectivity index (χ3v) is 5.58. The first-order valence-corrected chi connectivity index (χ1v) is 14.0. The second-order valence-corrected chi connectivity index (χ2v) is 11.9. The Kier molecular flexibility index (Phi) is 7.95. The number of esters is 1. The van der Waals surface area contributed by atoms with Gasteiger partial charge in [-0.3, -0.25) is 9.56 Å². The minimum absolute atomic E-state index is 0.166. The number of rotatable bonds is 3. The van der Waals surface area contributed by atoms with Gasteiger partial charge in [-0.1, -0.05) is 31.9 Å². The zero-order valence-electron chi connectivity index (χ0n) is 20.5. The Labute approximate surface area is 202 Å². The van der Waals surface area contributed by atoms with Crippen LogP contribution in [0.5, 0.6) is 0 Å². The van der Waals surface area contributed by atoms with E-state index < -0.39 is 16.0 Å². The Morgan fingerprint density at radius 3 is 2.56 bits per heavy atom. The van der Waals surface area contributed by atoms with Crippen molar-refractivity contribution in [1.29, 1.82) is 0 Å². The van der Waals surface area contributed by atoms with Gasteiger partial charge in [0.2, 0.25) is 0 Å². The number of aromatic nitrogens is 2. The van der Waals surface area contributed by atoms with Gasteiger partial charge < -0.3 is 4.74 Å². The molecule has 0 amide bonds. The van der Waals surface area contributed by atoms with Crippen LogP contribution in [0.15, 0.2) is 53.8 Å². The van der Waals surface area contributed by atoms with Gasteiger partial charge in [0.1, 0.15) is 12.1 Å². The third-order valence-electron chi connectivity index (χ3n) is 4.86. The summed E-state index contributed by atoms with van der Waals surface area (Å²) in [6.07, 6.45) is 7.98.